The maximum atomic E-state index is 12.4. The molecule has 164 valence electrons. The Hall–Kier alpha value is -2.65. The molecular weight excluding hydrogens is 384 g/mol. The molecule has 3 nitrogen and oxygen atoms in total. The third-order valence-electron chi connectivity index (χ3n) is 5.78. The van der Waals surface area contributed by atoms with Gasteiger partial charge in [0.1, 0.15) is 0 Å². The third kappa shape index (κ3) is 6.41. The number of ether oxygens (including phenoxy) is 2. The number of carbonyl (C=O) groups is 1. The molecule has 1 aromatic carbocycles. The highest BCUT2D eigenvalue weighted by atomic mass is 16.5. The number of aryl methyl sites for hydroxylation is 1. The van der Waals surface area contributed by atoms with Crippen molar-refractivity contribution >= 4 is 5.97 Å². The van der Waals surface area contributed by atoms with Gasteiger partial charge in [0, 0.05) is 6.61 Å². The fraction of sp³-hybridized carbons (Fsp3) is 0.393. The van der Waals surface area contributed by atoms with E-state index in [1.165, 1.54) is 29.4 Å². The zero-order chi connectivity index (χ0) is 22.1. The van der Waals surface area contributed by atoms with Crippen molar-refractivity contribution in [2.24, 2.45) is 0 Å². The van der Waals surface area contributed by atoms with Crippen LogP contribution >= 0.6 is 0 Å². The molecule has 0 radical (unpaired) electrons. The topological polar surface area (TPSA) is 35.5 Å². The van der Waals surface area contributed by atoms with Gasteiger partial charge in [-0.2, -0.15) is 0 Å². The minimum absolute atomic E-state index is 0.257. The SMILES string of the molecule is COC(=O)c1cc(CCCCCCOCc2ccccc2)c2cccc(C(C)C)cc1-2. The summed E-state index contributed by atoms with van der Waals surface area (Å²) in [5.74, 6) is 0.149. The molecule has 2 aliphatic rings. The van der Waals surface area contributed by atoms with Crippen LogP contribution in [0.5, 0.6) is 0 Å². The second kappa shape index (κ2) is 11.7. The Bertz CT molecular complexity index is 930. The monoisotopic (exact) mass is 418 g/mol. The lowest BCUT2D eigenvalue weighted by molar-refractivity contribution is 0.0602. The van der Waals surface area contributed by atoms with Crippen LogP contribution in [0.15, 0.2) is 60.7 Å². The van der Waals surface area contributed by atoms with Crippen molar-refractivity contribution in [3.63, 3.8) is 0 Å². The van der Waals surface area contributed by atoms with Gasteiger partial charge in [-0.05, 0) is 59.1 Å². The number of rotatable bonds is 11. The van der Waals surface area contributed by atoms with Crippen LogP contribution in [-0.4, -0.2) is 19.7 Å². The van der Waals surface area contributed by atoms with Crippen molar-refractivity contribution in [1.29, 1.82) is 0 Å². The predicted molar refractivity (Wildman–Crippen MR) is 127 cm³/mol. The number of unbranched alkanes of at least 4 members (excludes halogenated alkanes) is 3. The zero-order valence-electron chi connectivity index (χ0n) is 19.0. The maximum Gasteiger partial charge on any atom is 0.338 e. The maximum absolute atomic E-state index is 12.4. The summed E-state index contributed by atoms with van der Waals surface area (Å²) in [6, 6.07) is 20.9. The van der Waals surface area contributed by atoms with Crippen LogP contribution in [0.2, 0.25) is 0 Å². The molecule has 0 spiro atoms. The summed E-state index contributed by atoms with van der Waals surface area (Å²) in [4.78, 5) is 12.4. The van der Waals surface area contributed by atoms with Crippen molar-refractivity contribution in [2.45, 2.75) is 58.5 Å². The van der Waals surface area contributed by atoms with E-state index in [9.17, 15) is 4.79 Å². The Kier molecular flexibility index (Phi) is 8.66. The molecule has 0 saturated carbocycles. The van der Waals surface area contributed by atoms with Crippen LogP contribution in [0, 0.1) is 0 Å². The van der Waals surface area contributed by atoms with Crippen LogP contribution in [0.1, 0.15) is 72.5 Å². The summed E-state index contributed by atoms with van der Waals surface area (Å²) >= 11 is 0. The summed E-state index contributed by atoms with van der Waals surface area (Å²) in [5, 5.41) is 0. The second-order valence-corrected chi connectivity index (χ2v) is 8.43. The molecule has 0 fully saturated rings. The number of benzene rings is 1. The number of esters is 1. The van der Waals surface area contributed by atoms with Gasteiger partial charge in [-0.15, -0.1) is 0 Å². The van der Waals surface area contributed by atoms with E-state index >= 15 is 0 Å². The van der Waals surface area contributed by atoms with Gasteiger partial charge in [-0.25, -0.2) is 4.79 Å². The fourth-order valence-electron chi connectivity index (χ4n) is 3.95. The Morgan fingerprint density at radius 2 is 1.65 bits per heavy atom. The van der Waals surface area contributed by atoms with Gasteiger partial charge >= 0.3 is 5.97 Å². The molecule has 31 heavy (non-hydrogen) atoms. The lowest BCUT2D eigenvalue weighted by Crippen LogP contribution is -2.00. The molecule has 0 unspecified atom stereocenters. The standard InChI is InChI=1S/C28H34O3/c1-21(2)23-15-11-16-25-24(19-27(26(25)18-23)28(29)30-3)14-9-4-5-10-17-31-20-22-12-7-6-8-13-22/h6-8,11-13,15-16,18-19,21H,4-5,9-10,14,17,20H2,1-3H3. The molecule has 0 heterocycles. The van der Waals surface area contributed by atoms with E-state index in [0.29, 0.717) is 18.1 Å². The van der Waals surface area contributed by atoms with E-state index in [2.05, 4.69) is 50.2 Å². The third-order valence-corrected chi connectivity index (χ3v) is 5.78. The number of methoxy groups -OCH3 is 1. The van der Waals surface area contributed by atoms with Crippen LogP contribution in [-0.2, 0) is 22.5 Å². The van der Waals surface area contributed by atoms with Crippen molar-refractivity contribution in [3.8, 4) is 11.1 Å². The van der Waals surface area contributed by atoms with Crippen LogP contribution in [0.25, 0.3) is 11.1 Å². The van der Waals surface area contributed by atoms with Crippen molar-refractivity contribution in [1.82, 2.24) is 0 Å². The molecule has 3 rings (SSSR count). The molecule has 0 saturated heterocycles. The average Bonchev–Trinajstić information content (AvgIpc) is 2.96. The molecule has 3 heteroatoms. The highest BCUT2D eigenvalue weighted by molar-refractivity contribution is 6.00. The van der Waals surface area contributed by atoms with E-state index in [1.54, 1.807) is 0 Å². The molecule has 0 amide bonds. The minimum Gasteiger partial charge on any atom is -0.465 e. The Morgan fingerprint density at radius 1 is 0.871 bits per heavy atom. The molecule has 1 aromatic rings. The van der Waals surface area contributed by atoms with Gasteiger partial charge in [0.25, 0.3) is 0 Å². The number of carbonyl (C=O) groups excluding carboxylic acids is 1. The van der Waals surface area contributed by atoms with Gasteiger partial charge in [0.2, 0.25) is 0 Å². The Balaban J connectivity index is 1.51. The minimum atomic E-state index is -0.257. The summed E-state index contributed by atoms with van der Waals surface area (Å²) in [5.41, 5.74) is 6.54. The first-order chi connectivity index (χ1) is 15.1. The number of fused-ring (bicyclic) bond motifs is 1. The fourth-order valence-corrected chi connectivity index (χ4v) is 3.95. The quantitative estimate of drug-likeness (QED) is 0.248. The first kappa shape index (κ1) is 23.0. The number of hydrogen-bond acceptors (Lipinski definition) is 3. The second-order valence-electron chi connectivity index (χ2n) is 8.43. The van der Waals surface area contributed by atoms with Gasteiger partial charge in [0.15, 0.2) is 0 Å². The van der Waals surface area contributed by atoms with E-state index in [0.717, 1.165) is 44.3 Å². The molecule has 0 aliphatic heterocycles. The normalized spacial score (nSPS) is 11.2. The molecule has 0 bridgehead atoms. The van der Waals surface area contributed by atoms with Gasteiger partial charge in [-0.3, -0.25) is 0 Å². The predicted octanol–water partition coefficient (Wildman–Crippen LogP) is 7.02. The van der Waals surface area contributed by atoms with Gasteiger partial charge in [-0.1, -0.05) is 81.3 Å². The highest BCUT2D eigenvalue weighted by Crippen LogP contribution is 2.35. The summed E-state index contributed by atoms with van der Waals surface area (Å²) in [6.45, 7) is 5.83. The number of hydrogen-bond donors (Lipinski definition) is 0. The molecule has 2 aliphatic carbocycles. The first-order valence-electron chi connectivity index (χ1n) is 11.4. The summed E-state index contributed by atoms with van der Waals surface area (Å²) in [7, 11) is 1.45. The van der Waals surface area contributed by atoms with E-state index in [4.69, 9.17) is 9.47 Å². The molecule has 0 atom stereocenters. The van der Waals surface area contributed by atoms with E-state index in [1.807, 2.05) is 24.3 Å². The van der Waals surface area contributed by atoms with Crippen LogP contribution < -0.4 is 0 Å². The Morgan fingerprint density at radius 3 is 2.39 bits per heavy atom. The highest BCUT2D eigenvalue weighted by Gasteiger charge is 2.21. The first-order valence-corrected chi connectivity index (χ1v) is 11.4. The van der Waals surface area contributed by atoms with Crippen molar-refractivity contribution in [3.05, 3.63) is 82.9 Å². The largest absolute Gasteiger partial charge is 0.465 e. The van der Waals surface area contributed by atoms with E-state index < -0.39 is 0 Å². The molecule has 0 N–H and O–H groups in total. The molecule has 0 aromatic heterocycles. The Labute approximate surface area is 186 Å². The lowest BCUT2D eigenvalue weighted by Gasteiger charge is -2.06. The zero-order valence-corrected chi connectivity index (χ0v) is 19.0. The molecular formula is C28H34O3. The lowest BCUT2D eigenvalue weighted by atomic mass is 10.0. The average molecular weight is 419 g/mol. The van der Waals surface area contributed by atoms with Crippen molar-refractivity contribution < 1.29 is 14.3 Å². The summed E-state index contributed by atoms with van der Waals surface area (Å²) < 4.78 is 10.8. The smallest absolute Gasteiger partial charge is 0.338 e. The van der Waals surface area contributed by atoms with Gasteiger partial charge in [0.05, 0.1) is 19.3 Å². The van der Waals surface area contributed by atoms with Gasteiger partial charge < -0.3 is 9.47 Å². The summed E-state index contributed by atoms with van der Waals surface area (Å²) in [6.07, 6.45) is 5.47. The van der Waals surface area contributed by atoms with Crippen molar-refractivity contribution in [2.75, 3.05) is 13.7 Å². The van der Waals surface area contributed by atoms with Crippen LogP contribution in [0.3, 0.4) is 0 Å². The van der Waals surface area contributed by atoms with E-state index in [-0.39, 0.29) is 5.97 Å². The van der Waals surface area contributed by atoms with Crippen LogP contribution in [0.4, 0.5) is 0 Å².